The monoisotopic (exact) mass is 249 g/mol. The number of aliphatic hydroxyl groups excluding tert-OH is 1. The summed E-state index contributed by atoms with van der Waals surface area (Å²) >= 11 is 0. The maximum absolute atomic E-state index is 8.80. The zero-order chi connectivity index (χ0) is 12.7. The van der Waals surface area contributed by atoms with E-state index in [0.29, 0.717) is 19.4 Å². The highest BCUT2D eigenvalue weighted by atomic mass is 28.4. The third-order valence-corrected chi connectivity index (χ3v) is 5.64. The van der Waals surface area contributed by atoms with Gasteiger partial charge < -0.3 is 19.7 Å². The fourth-order valence-electron chi connectivity index (χ4n) is 1.89. The molecule has 16 heavy (non-hydrogen) atoms. The molecule has 0 saturated carbocycles. The Kier molecular flexibility index (Phi) is 7.42. The number of rotatable bonds is 9. The Balaban J connectivity index is 4.35. The Morgan fingerprint density at radius 3 is 2.44 bits per heavy atom. The van der Waals surface area contributed by atoms with Gasteiger partial charge in [-0.15, -0.1) is 0 Å². The van der Waals surface area contributed by atoms with Crippen molar-refractivity contribution in [1.82, 2.24) is 0 Å². The molecule has 0 aromatic rings. The molecule has 0 rings (SSSR count). The molecule has 0 heterocycles. The van der Waals surface area contributed by atoms with Crippen LogP contribution in [-0.4, -0.2) is 32.6 Å². The third kappa shape index (κ3) is 6.60. The van der Waals surface area contributed by atoms with Gasteiger partial charge in [0.05, 0.1) is 0 Å². The number of hydrogen-bond acceptors (Lipinski definition) is 4. The molecule has 0 fully saturated rings. The van der Waals surface area contributed by atoms with Crippen LogP contribution < -0.4 is 5.73 Å². The fraction of sp³-hybridized carbons (Fsp3) is 1.00. The van der Waals surface area contributed by atoms with Crippen molar-refractivity contribution in [2.45, 2.75) is 58.3 Å². The van der Waals surface area contributed by atoms with Gasteiger partial charge in [0.15, 0.2) is 0 Å². The van der Waals surface area contributed by atoms with Gasteiger partial charge in [0.1, 0.15) is 5.72 Å². The summed E-state index contributed by atoms with van der Waals surface area (Å²) in [5.74, 6) is 0. The molecule has 2 atom stereocenters. The van der Waals surface area contributed by atoms with E-state index in [-0.39, 0.29) is 6.61 Å². The highest BCUT2D eigenvalue weighted by Gasteiger charge is 2.36. The number of aliphatic hydroxyl groups is 1. The van der Waals surface area contributed by atoms with Crippen LogP contribution in [0.1, 0.15) is 40.0 Å². The summed E-state index contributed by atoms with van der Waals surface area (Å²) in [5.41, 5.74) is 5.38. The lowest BCUT2D eigenvalue weighted by molar-refractivity contribution is 0.0302. The zero-order valence-electron chi connectivity index (χ0n) is 11.1. The molecule has 5 heteroatoms. The largest absolute Gasteiger partial charge is 0.396 e. The molecule has 0 saturated heterocycles. The van der Waals surface area contributed by atoms with Crippen molar-refractivity contribution in [3.8, 4) is 0 Å². The van der Waals surface area contributed by atoms with Crippen LogP contribution >= 0.6 is 0 Å². The van der Waals surface area contributed by atoms with Crippen molar-refractivity contribution >= 4 is 8.56 Å². The van der Waals surface area contributed by atoms with Gasteiger partial charge >= 0.3 is 8.56 Å². The standard InChI is InChI=1S/C11H27NO3Si/c1-5-10-16(4,14-6-2)15-11(3,12)8-7-9-13/h13H,5-10,12H2,1-4H3. The molecule has 98 valence electrons. The van der Waals surface area contributed by atoms with E-state index in [1.807, 2.05) is 13.8 Å². The van der Waals surface area contributed by atoms with Crippen LogP contribution in [0.5, 0.6) is 0 Å². The van der Waals surface area contributed by atoms with Gasteiger partial charge in [-0.2, -0.15) is 0 Å². The van der Waals surface area contributed by atoms with Crippen LogP contribution in [0.2, 0.25) is 12.6 Å². The summed E-state index contributed by atoms with van der Waals surface area (Å²) in [6.45, 7) is 8.84. The van der Waals surface area contributed by atoms with Crippen LogP contribution in [0.4, 0.5) is 0 Å². The molecule has 0 amide bonds. The van der Waals surface area contributed by atoms with Gasteiger partial charge in [-0.25, -0.2) is 0 Å². The summed E-state index contributed by atoms with van der Waals surface area (Å²) in [5, 5.41) is 8.80. The molecule has 0 aromatic heterocycles. The second kappa shape index (κ2) is 7.40. The number of nitrogens with two attached hydrogens (primary N) is 1. The highest BCUT2D eigenvalue weighted by molar-refractivity contribution is 6.66. The molecule has 0 aromatic carbocycles. The second-order valence-electron chi connectivity index (χ2n) is 4.56. The summed E-state index contributed by atoms with van der Waals surface area (Å²) < 4.78 is 11.8. The van der Waals surface area contributed by atoms with Gasteiger partial charge in [0.25, 0.3) is 0 Å². The maximum Gasteiger partial charge on any atom is 0.336 e. The Morgan fingerprint density at radius 2 is 2.00 bits per heavy atom. The van der Waals surface area contributed by atoms with E-state index in [1.54, 1.807) is 0 Å². The lowest BCUT2D eigenvalue weighted by atomic mass is 10.1. The minimum absolute atomic E-state index is 0.150. The van der Waals surface area contributed by atoms with Gasteiger partial charge in [0, 0.05) is 13.2 Å². The molecule has 3 N–H and O–H groups in total. The quantitative estimate of drug-likeness (QED) is 0.484. The van der Waals surface area contributed by atoms with Gasteiger partial charge in [-0.1, -0.05) is 13.3 Å². The van der Waals surface area contributed by atoms with Crippen molar-refractivity contribution in [3.63, 3.8) is 0 Å². The molecule has 0 aliphatic carbocycles. The topological polar surface area (TPSA) is 64.7 Å². The van der Waals surface area contributed by atoms with E-state index in [9.17, 15) is 0 Å². The van der Waals surface area contributed by atoms with Crippen LogP contribution in [0.3, 0.4) is 0 Å². The molecular weight excluding hydrogens is 222 g/mol. The summed E-state index contributed by atoms with van der Waals surface area (Å²) in [4.78, 5) is 0. The fourth-order valence-corrected chi connectivity index (χ4v) is 4.80. The Labute approximate surface area is 100 Å². The average molecular weight is 249 g/mol. The van der Waals surface area contributed by atoms with Crippen LogP contribution in [0.15, 0.2) is 0 Å². The van der Waals surface area contributed by atoms with Crippen LogP contribution in [-0.2, 0) is 8.85 Å². The summed E-state index contributed by atoms with van der Waals surface area (Å²) in [6, 6.07) is 0.951. The Morgan fingerprint density at radius 1 is 1.38 bits per heavy atom. The van der Waals surface area contributed by atoms with E-state index in [4.69, 9.17) is 19.7 Å². The molecule has 0 aliphatic heterocycles. The second-order valence-corrected chi connectivity index (χ2v) is 7.82. The minimum atomic E-state index is -2.14. The van der Waals surface area contributed by atoms with Crippen LogP contribution in [0, 0.1) is 0 Å². The molecule has 0 spiro atoms. The lowest BCUT2D eigenvalue weighted by Crippen LogP contribution is -2.52. The lowest BCUT2D eigenvalue weighted by Gasteiger charge is -2.36. The van der Waals surface area contributed by atoms with E-state index >= 15 is 0 Å². The Hall–Kier alpha value is 0.0569. The minimum Gasteiger partial charge on any atom is -0.396 e. The van der Waals surface area contributed by atoms with E-state index < -0.39 is 14.3 Å². The molecule has 4 nitrogen and oxygen atoms in total. The summed E-state index contributed by atoms with van der Waals surface area (Å²) in [6.07, 6.45) is 2.36. The highest BCUT2D eigenvalue weighted by Crippen LogP contribution is 2.23. The SMILES string of the molecule is CCC[Si](C)(OCC)OC(C)(N)CCCO. The van der Waals surface area contributed by atoms with Crippen molar-refractivity contribution in [1.29, 1.82) is 0 Å². The number of hydrogen-bond donors (Lipinski definition) is 2. The third-order valence-electron chi connectivity index (χ3n) is 2.43. The van der Waals surface area contributed by atoms with Gasteiger partial charge in [-0.3, -0.25) is 0 Å². The Bertz CT molecular complexity index is 182. The summed E-state index contributed by atoms with van der Waals surface area (Å²) in [7, 11) is -2.14. The molecule has 0 aliphatic rings. The van der Waals surface area contributed by atoms with E-state index in [0.717, 1.165) is 12.5 Å². The molecule has 0 bridgehead atoms. The normalized spacial score (nSPS) is 19.1. The molecule has 0 radical (unpaired) electrons. The predicted molar refractivity (Wildman–Crippen MR) is 68.3 cm³/mol. The predicted octanol–water partition coefficient (Wildman–Crippen LogP) is 1.97. The van der Waals surface area contributed by atoms with Crippen molar-refractivity contribution in [3.05, 3.63) is 0 Å². The first kappa shape index (κ1) is 16.1. The maximum atomic E-state index is 8.80. The first-order chi connectivity index (χ1) is 7.39. The van der Waals surface area contributed by atoms with Crippen molar-refractivity contribution in [2.24, 2.45) is 5.73 Å². The van der Waals surface area contributed by atoms with Crippen molar-refractivity contribution in [2.75, 3.05) is 13.2 Å². The van der Waals surface area contributed by atoms with E-state index in [1.165, 1.54) is 0 Å². The van der Waals surface area contributed by atoms with E-state index in [2.05, 4.69) is 13.5 Å². The first-order valence-corrected chi connectivity index (χ1v) is 8.65. The average Bonchev–Trinajstić information content (AvgIpc) is 2.14. The smallest absolute Gasteiger partial charge is 0.336 e. The molecular formula is C11H27NO3Si. The van der Waals surface area contributed by atoms with Gasteiger partial charge in [0.2, 0.25) is 0 Å². The van der Waals surface area contributed by atoms with Crippen molar-refractivity contribution < 1.29 is 14.0 Å². The molecule has 2 unspecified atom stereocenters. The zero-order valence-corrected chi connectivity index (χ0v) is 12.1. The van der Waals surface area contributed by atoms with Gasteiger partial charge in [-0.05, 0) is 39.3 Å². The van der Waals surface area contributed by atoms with Crippen LogP contribution in [0.25, 0.3) is 0 Å². The first-order valence-electron chi connectivity index (χ1n) is 6.13.